The third-order valence-corrected chi connectivity index (χ3v) is 2.37. The summed E-state index contributed by atoms with van der Waals surface area (Å²) in [4.78, 5) is 6.47. The summed E-state index contributed by atoms with van der Waals surface area (Å²) < 4.78 is 13.7. The van der Waals surface area contributed by atoms with E-state index in [0.717, 1.165) is 0 Å². The van der Waals surface area contributed by atoms with Gasteiger partial charge in [0.25, 0.3) is 0 Å². The lowest BCUT2D eigenvalue weighted by molar-refractivity contribution is 0.434. The molecule has 0 fully saturated rings. The molecular weight excluding hydrogens is 265 g/mol. The number of imidazole rings is 1. The Balaban J connectivity index is 2.62. The highest BCUT2D eigenvalue weighted by Crippen LogP contribution is 2.33. The molecule has 0 radical (unpaired) electrons. The van der Waals surface area contributed by atoms with Gasteiger partial charge in [-0.25, -0.2) is 9.37 Å². The van der Waals surface area contributed by atoms with E-state index in [1.165, 1.54) is 12.3 Å². The molecule has 78 valence electrons. The summed E-state index contributed by atoms with van der Waals surface area (Å²) in [6.07, 6.45) is 1.43. The number of H-pyrrole nitrogens is 1. The predicted octanol–water partition coefficient (Wildman–Crippen LogP) is 2.27. The lowest BCUT2D eigenvalue weighted by atomic mass is 10.1. The number of benzene rings is 1. The van der Waals surface area contributed by atoms with Gasteiger partial charge in [0, 0.05) is 10.0 Å². The molecule has 2 aromatic rings. The number of aromatic amines is 1. The number of rotatable bonds is 1. The number of aromatic nitrogens is 2. The summed E-state index contributed by atoms with van der Waals surface area (Å²) in [7, 11) is 0. The van der Waals surface area contributed by atoms with Gasteiger partial charge in [0.05, 0.1) is 11.9 Å². The van der Waals surface area contributed by atoms with Crippen molar-refractivity contribution in [2.75, 3.05) is 5.73 Å². The van der Waals surface area contributed by atoms with E-state index < -0.39 is 11.6 Å². The first kappa shape index (κ1) is 9.97. The molecule has 1 heterocycles. The van der Waals surface area contributed by atoms with Crippen LogP contribution in [0.3, 0.4) is 0 Å². The Morgan fingerprint density at radius 1 is 1.47 bits per heavy atom. The van der Waals surface area contributed by atoms with Crippen LogP contribution in [-0.4, -0.2) is 15.1 Å². The SMILES string of the molecule is Nc1ncc(-c2cc(Br)cc(F)c2O)[nH]1. The highest BCUT2D eigenvalue weighted by molar-refractivity contribution is 9.10. The van der Waals surface area contributed by atoms with Crippen molar-refractivity contribution in [2.45, 2.75) is 0 Å². The van der Waals surface area contributed by atoms with Gasteiger partial charge >= 0.3 is 0 Å². The smallest absolute Gasteiger partial charge is 0.197 e. The highest BCUT2D eigenvalue weighted by atomic mass is 79.9. The number of halogens is 2. The van der Waals surface area contributed by atoms with Crippen LogP contribution in [-0.2, 0) is 0 Å². The third kappa shape index (κ3) is 1.80. The maximum Gasteiger partial charge on any atom is 0.197 e. The van der Waals surface area contributed by atoms with Crippen LogP contribution in [0.25, 0.3) is 11.3 Å². The Kier molecular flexibility index (Phi) is 2.36. The van der Waals surface area contributed by atoms with Crippen LogP contribution in [0, 0.1) is 5.82 Å². The molecule has 0 aliphatic carbocycles. The number of nitrogens with zero attached hydrogens (tertiary/aromatic N) is 1. The molecule has 0 amide bonds. The summed E-state index contributed by atoms with van der Waals surface area (Å²) in [6, 6.07) is 2.75. The van der Waals surface area contributed by atoms with Gasteiger partial charge in [-0.15, -0.1) is 0 Å². The molecule has 0 aliphatic rings. The number of anilines is 1. The normalized spacial score (nSPS) is 10.5. The molecule has 1 aromatic carbocycles. The molecule has 2 rings (SSSR count). The molecule has 0 aliphatic heterocycles. The zero-order valence-corrected chi connectivity index (χ0v) is 9.05. The first-order chi connectivity index (χ1) is 7.08. The standard InChI is InChI=1S/C9H7BrFN3O/c10-4-1-5(8(15)6(11)2-4)7-3-13-9(12)14-7/h1-3,15H,(H3,12,13,14). The Labute approximate surface area is 93.1 Å². The fourth-order valence-electron chi connectivity index (χ4n) is 1.24. The van der Waals surface area contributed by atoms with Crippen LogP contribution in [0.1, 0.15) is 0 Å². The monoisotopic (exact) mass is 271 g/mol. The van der Waals surface area contributed by atoms with Crippen LogP contribution >= 0.6 is 15.9 Å². The molecule has 1 aromatic heterocycles. The Morgan fingerprint density at radius 2 is 2.20 bits per heavy atom. The van der Waals surface area contributed by atoms with E-state index in [9.17, 15) is 9.50 Å². The first-order valence-electron chi connectivity index (χ1n) is 4.07. The molecule has 15 heavy (non-hydrogen) atoms. The molecule has 0 atom stereocenters. The Bertz CT molecular complexity index is 512. The molecular formula is C9H7BrFN3O. The van der Waals surface area contributed by atoms with Gasteiger partial charge < -0.3 is 15.8 Å². The van der Waals surface area contributed by atoms with Gasteiger partial charge in [-0.05, 0) is 12.1 Å². The maximum atomic E-state index is 13.2. The quantitative estimate of drug-likeness (QED) is 0.745. The van der Waals surface area contributed by atoms with Crippen molar-refractivity contribution in [3.8, 4) is 17.0 Å². The van der Waals surface area contributed by atoms with Gasteiger partial charge in [-0.2, -0.15) is 0 Å². The van der Waals surface area contributed by atoms with Crippen LogP contribution in [0.2, 0.25) is 0 Å². The summed E-state index contributed by atoms with van der Waals surface area (Å²) >= 11 is 3.13. The van der Waals surface area contributed by atoms with Gasteiger partial charge in [-0.1, -0.05) is 15.9 Å². The van der Waals surface area contributed by atoms with Crippen molar-refractivity contribution >= 4 is 21.9 Å². The number of nitrogens with two attached hydrogens (primary N) is 1. The van der Waals surface area contributed by atoms with Crippen LogP contribution in [0.15, 0.2) is 22.8 Å². The van der Waals surface area contributed by atoms with Crippen molar-refractivity contribution in [3.63, 3.8) is 0 Å². The molecule has 0 unspecified atom stereocenters. The minimum Gasteiger partial charge on any atom is -0.504 e. The average Bonchev–Trinajstić information content (AvgIpc) is 2.58. The average molecular weight is 272 g/mol. The zero-order valence-electron chi connectivity index (χ0n) is 7.46. The minimum absolute atomic E-state index is 0.213. The van der Waals surface area contributed by atoms with Crippen LogP contribution < -0.4 is 5.73 Å². The van der Waals surface area contributed by atoms with Crippen molar-refractivity contribution in [1.29, 1.82) is 0 Å². The molecule has 0 bridgehead atoms. The number of hydrogen-bond acceptors (Lipinski definition) is 3. The fraction of sp³-hybridized carbons (Fsp3) is 0. The van der Waals surface area contributed by atoms with Gasteiger partial charge in [0.2, 0.25) is 0 Å². The minimum atomic E-state index is -0.701. The molecule has 0 saturated carbocycles. The molecule has 4 N–H and O–H groups in total. The number of nitrogens with one attached hydrogen (secondary N) is 1. The summed E-state index contributed by atoms with van der Waals surface area (Å²) in [5.74, 6) is -0.917. The molecule has 0 spiro atoms. The summed E-state index contributed by atoms with van der Waals surface area (Å²) in [6.45, 7) is 0. The Hall–Kier alpha value is -1.56. The van der Waals surface area contributed by atoms with E-state index in [1.807, 2.05) is 0 Å². The van der Waals surface area contributed by atoms with Crippen LogP contribution in [0.4, 0.5) is 10.3 Å². The lowest BCUT2D eigenvalue weighted by Crippen LogP contribution is -1.87. The molecule has 6 heteroatoms. The maximum absolute atomic E-state index is 13.2. The summed E-state index contributed by atoms with van der Waals surface area (Å²) in [5.41, 5.74) is 6.16. The topological polar surface area (TPSA) is 74.9 Å². The third-order valence-electron chi connectivity index (χ3n) is 1.91. The largest absolute Gasteiger partial charge is 0.504 e. The van der Waals surface area contributed by atoms with E-state index in [2.05, 4.69) is 25.9 Å². The van der Waals surface area contributed by atoms with E-state index in [1.54, 1.807) is 6.07 Å². The Morgan fingerprint density at radius 3 is 2.80 bits per heavy atom. The van der Waals surface area contributed by atoms with Crippen molar-refractivity contribution in [1.82, 2.24) is 9.97 Å². The van der Waals surface area contributed by atoms with E-state index >= 15 is 0 Å². The van der Waals surface area contributed by atoms with E-state index in [4.69, 9.17) is 5.73 Å². The number of aromatic hydroxyl groups is 1. The number of hydrogen-bond donors (Lipinski definition) is 3. The lowest BCUT2D eigenvalue weighted by Gasteiger charge is -2.03. The number of nitrogen functional groups attached to an aromatic ring is 1. The van der Waals surface area contributed by atoms with Crippen LogP contribution in [0.5, 0.6) is 5.75 Å². The van der Waals surface area contributed by atoms with Gasteiger partial charge in [0.1, 0.15) is 0 Å². The predicted molar refractivity (Wildman–Crippen MR) is 57.8 cm³/mol. The molecule has 0 saturated heterocycles. The first-order valence-corrected chi connectivity index (χ1v) is 4.86. The second-order valence-corrected chi connectivity index (χ2v) is 3.88. The second-order valence-electron chi connectivity index (χ2n) is 2.97. The molecule has 4 nitrogen and oxygen atoms in total. The van der Waals surface area contributed by atoms with Gasteiger partial charge in [0.15, 0.2) is 17.5 Å². The number of phenolic OH excluding ortho intramolecular Hbond substituents is 1. The van der Waals surface area contributed by atoms with Crippen molar-refractivity contribution in [3.05, 3.63) is 28.6 Å². The zero-order chi connectivity index (χ0) is 11.0. The van der Waals surface area contributed by atoms with Crippen molar-refractivity contribution in [2.24, 2.45) is 0 Å². The fourth-order valence-corrected chi connectivity index (χ4v) is 1.67. The van der Waals surface area contributed by atoms with Gasteiger partial charge in [-0.3, -0.25) is 0 Å². The van der Waals surface area contributed by atoms with Crippen molar-refractivity contribution < 1.29 is 9.50 Å². The highest BCUT2D eigenvalue weighted by Gasteiger charge is 2.12. The second kappa shape index (κ2) is 3.54. The number of phenols is 1. The van der Waals surface area contributed by atoms with E-state index in [-0.39, 0.29) is 5.95 Å². The van der Waals surface area contributed by atoms with E-state index in [0.29, 0.717) is 15.7 Å². The summed E-state index contributed by atoms with van der Waals surface area (Å²) in [5, 5.41) is 9.50.